The molecule has 0 spiro atoms. The molecule has 3 rings (SSSR count). The summed E-state index contributed by atoms with van der Waals surface area (Å²) in [5, 5.41) is 1.09. The van der Waals surface area contributed by atoms with Gasteiger partial charge >= 0.3 is 0 Å². The molecule has 1 saturated carbocycles. The van der Waals surface area contributed by atoms with Gasteiger partial charge in [-0.15, -0.1) is 0 Å². The number of nitrogens with zero attached hydrogens (tertiary/aromatic N) is 1. The number of aryl methyl sites for hydroxylation is 1. The highest BCUT2D eigenvalue weighted by Crippen LogP contribution is 2.33. The van der Waals surface area contributed by atoms with Gasteiger partial charge in [0.2, 0.25) is 5.88 Å². The molecule has 2 aromatic rings. The van der Waals surface area contributed by atoms with Crippen LogP contribution in [0.4, 0.5) is 0 Å². The number of benzene rings is 1. The highest BCUT2D eigenvalue weighted by molar-refractivity contribution is 7.99. The largest absolute Gasteiger partial charge is 0.481 e. The molecule has 3 heteroatoms. The standard InChI is InChI=1S/C20H25NOS/c1-22-19-15-14-17(13-12-16-8-4-2-5-9-16)20(21-19)23-18-10-6-3-7-11-18/h3,6-7,10-11,14-16H,2,4-5,8-9,12-13H2,1H3. The first-order valence-corrected chi connectivity index (χ1v) is 9.43. The van der Waals surface area contributed by atoms with Crippen LogP contribution in [0.3, 0.4) is 0 Å². The Hall–Kier alpha value is -1.48. The van der Waals surface area contributed by atoms with Crippen LogP contribution in [0.1, 0.15) is 44.1 Å². The fourth-order valence-electron chi connectivity index (χ4n) is 3.28. The van der Waals surface area contributed by atoms with E-state index in [1.54, 1.807) is 18.9 Å². The maximum atomic E-state index is 5.32. The monoisotopic (exact) mass is 327 g/mol. The van der Waals surface area contributed by atoms with E-state index in [9.17, 15) is 0 Å². The molecule has 1 aliphatic rings. The molecule has 1 aliphatic carbocycles. The van der Waals surface area contributed by atoms with Crippen LogP contribution in [0.15, 0.2) is 52.4 Å². The Morgan fingerprint density at radius 3 is 2.57 bits per heavy atom. The third-order valence-electron chi connectivity index (χ3n) is 4.63. The van der Waals surface area contributed by atoms with E-state index in [2.05, 4.69) is 30.3 Å². The van der Waals surface area contributed by atoms with E-state index < -0.39 is 0 Å². The quantitative estimate of drug-likeness (QED) is 0.674. The van der Waals surface area contributed by atoms with Crippen LogP contribution >= 0.6 is 11.8 Å². The molecule has 0 radical (unpaired) electrons. The molecule has 122 valence electrons. The first kappa shape index (κ1) is 16.4. The second-order valence-electron chi connectivity index (χ2n) is 6.28. The summed E-state index contributed by atoms with van der Waals surface area (Å²) in [6, 6.07) is 14.7. The Morgan fingerprint density at radius 1 is 1.04 bits per heavy atom. The van der Waals surface area contributed by atoms with Gasteiger partial charge in [0.1, 0.15) is 5.03 Å². The number of methoxy groups -OCH3 is 1. The van der Waals surface area contributed by atoms with Gasteiger partial charge in [0, 0.05) is 11.0 Å². The molecule has 1 aromatic carbocycles. The van der Waals surface area contributed by atoms with Crippen LogP contribution in [-0.2, 0) is 6.42 Å². The van der Waals surface area contributed by atoms with Crippen LogP contribution in [0.2, 0.25) is 0 Å². The minimum atomic E-state index is 0.699. The molecule has 0 atom stereocenters. The fraction of sp³-hybridized carbons (Fsp3) is 0.450. The van der Waals surface area contributed by atoms with Crippen molar-refractivity contribution in [2.75, 3.05) is 7.11 Å². The van der Waals surface area contributed by atoms with E-state index >= 15 is 0 Å². The number of hydrogen-bond donors (Lipinski definition) is 0. The molecular weight excluding hydrogens is 302 g/mol. The predicted molar refractivity (Wildman–Crippen MR) is 96.3 cm³/mol. The molecular formula is C20H25NOS. The van der Waals surface area contributed by atoms with Gasteiger partial charge in [0.05, 0.1) is 7.11 Å². The lowest BCUT2D eigenvalue weighted by Crippen LogP contribution is -2.08. The molecule has 0 saturated heterocycles. The van der Waals surface area contributed by atoms with Crippen molar-refractivity contribution in [3.05, 3.63) is 48.0 Å². The molecule has 0 bridgehead atoms. The van der Waals surface area contributed by atoms with Crippen molar-refractivity contribution in [1.82, 2.24) is 4.98 Å². The van der Waals surface area contributed by atoms with Crippen LogP contribution in [-0.4, -0.2) is 12.1 Å². The summed E-state index contributed by atoms with van der Waals surface area (Å²) in [5.41, 5.74) is 1.35. The Balaban J connectivity index is 1.72. The second-order valence-corrected chi connectivity index (χ2v) is 7.34. The average molecular weight is 327 g/mol. The summed E-state index contributed by atoms with van der Waals surface area (Å²) >= 11 is 1.74. The highest BCUT2D eigenvalue weighted by Gasteiger charge is 2.15. The predicted octanol–water partition coefficient (Wildman–Crippen LogP) is 5.75. The lowest BCUT2D eigenvalue weighted by molar-refractivity contribution is 0.338. The van der Waals surface area contributed by atoms with E-state index in [1.807, 2.05) is 12.1 Å². The molecule has 0 amide bonds. The highest BCUT2D eigenvalue weighted by atomic mass is 32.2. The summed E-state index contributed by atoms with van der Waals surface area (Å²) in [6.07, 6.45) is 9.48. The number of rotatable bonds is 6. The van der Waals surface area contributed by atoms with Crippen molar-refractivity contribution >= 4 is 11.8 Å². The van der Waals surface area contributed by atoms with Crippen molar-refractivity contribution in [3.8, 4) is 5.88 Å². The number of ether oxygens (including phenoxy) is 1. The fourth-order valence-corrected chi connectivity index (χ4v) is 4.23. The Kier molecular flexibility index (Phi) is 5.98. The van der Waals surface area contributed by atoms with Crippen molar-refractivity contribution in [2.24, 2.45) is 5.92 Å². The second kappa shape index (κ2) is 8.39. The summed E-state index contributed by atoms with van der Waals surface area (Å²) in [4.78, 5) is 5.92. The van der Waals surface area contributed by atoms with Crippen molar-refractivity contribution < 1.29 is 4.74 Å². The minimum Gasteiger partial charge on any atom is -0.481 e. The van der Waals surface area contributed by atoms with Gasteiger partial charge in [-0.1, -0.05) is 68.1 Å². The van der Waals surface area contributed by atoms with Crippen molar-refractivity contribution in [2.45, 2.75) is 54.9 Å². The third-order valence-corrected chi connectivity index (χ3v) is 5.68. The van der Waals surface area contributed by atoms with Gasteiger partial charge in [0.25, 0.3) is 0 Å². The van der Waals surface area contributed by atoms with Gasteiger partial charge in [-0.3, -0.25) is 0 Å². The van der Waals surface area contributed by atoms with Gasteiger partial charge < -0.3 is 4.74 Å². The number of hydrogen-bond acceptors (Lipinski definition) is 3. The van der Waals surface area contributed by atoms with Gasteiger partial charge in [-0.05, 0) is 36.5 Å². The van der Waals surface area contributed by atoms with Gasteiger partial charge in [-0.2, -0.15) is 0 Å². The van der Waals surface area contributed by atoms with Gasteiger partial charge in [-0.25, -0.2) is 4.98 Å². The van der Waals surface area contributed by atoms with Crippen LogP contribution < -0.4 is 4.74 Å². The maximum absolute atomic E-state index is 5.32. The van der Waals surface area contributed by atoms with E-state index in [1.165, 1.54) is 49.0 Å². The first-order valence-electron chi connectivity index (χ1n) is 8.62. The zero-order chi connectivity index (χ0) is 15.9. The van der Waals surface area contributed by atoms with Crippen molar-refractivity contribution in [3.63, 3.8) is 0 Å². The average Bonchev–Trinajstić information content (AvgIpc) is 2.62. The SMILES string of the molecule is COc1ccc(CCC2CCCCC2)c(Sc2ccccc2)n1. The molecule has 1 aromatic heterocycles. The molecule has 0 N–H and O–H groups in total. The topological polar surface area (TPSA) is 22.1 Å². The van der Waals surface area contributed by atoms with Crippen LogP contribution in [0.5, 0.6) is 5.88 Å². The Bertz CT molecular complexity index is 608. The van der Waals surface area contributed by atoms with Crippen LogP contribution in [0, 0.1) is 5.92 Å². The number of pyridine rings is 1. The normalized spacial score (nSPS) is 15.5. The summed E-state index contributed by atoms with van der Waals surface area (Å²) in [5.74, 6) is 1.60. The smallest absolute Gasteiger partial charge is 0.214 e. The molecule has 2 nitrogen and oxygen atoms in total. The lowest BCUT2D eigenvalue weighted by atomic mass is 9.85. The Labute approximate surface area is 143 Å². The van der Waals surface area contributed by atoms with Gasteiger partial charge in [0.15, 0.2) is 0 Å². The molecule has 0 aliphatic heterocycles. The third kappa shape index (κ3) is 4.74. The zero-order valence-electron chi connectivity index (χ0n) is 13.8. The first-order chi connectivity index (χ1) is 11.3. The van der Waals surface area contributed by atoms with Crippen molar-refractivity contribution in [1.29, 1.82) is 0 Å². The summed E-state index contributed by atoms with van der Waals surface area (Å²) in [7, 11) is 1.68. The summed E-state index contributed by atoms with van der Waals surface area (Å²) in [6.45, 7) is 0. The van der Waals surface area contributed by atoms with E-state index in [0.29, 0.717) is 5.88 Å². The lowest BCUT2D eigenvalue weighted by Gasteiger charge is -2.21. The molecule has 23 heavy (non-hydrogen) atoms. The molecule has 1 heterocycles. The van der Waals surface area contributed by atoms with E-state index in [-0.39, 0.29) is 0 Å². The molecule has 1 fully saturated rings. The Morgan fingerprint density at radius 2 is 1.83 bits per heavy atom. The van der Waals surface area contributed by atoms with E-state index in [0.717, 1.165) is 17.4 Å². The maximum Gasteiger partial charge on any atom is 0.214 e. The number of aromatic nitrogens is 1. The van der Waals surface area contributed by atoms with Crippen LogP contribution in [0.25, 0.3) is 0 Å². The minimum absolute atomic E-state index is 0.699. The zero-order valence-corrected chi connectivity index (χ0v) is 14.6. The molecule has 0 unspecified atom stereocenters. The van der Waals surface area contributed by atoms with E-state index in [4.69, 9.17) is 9.72 Å². The summed E-state index contributed by atoms with van der Waals surface area (Å²) < 4.78 is 5.32.